The molecule has 0 saturated heterocycles. The number of H-pyrrole nitrogens is 1. The van der Waals surface area contributed by atoms with E-state index in [1.807, 2.05) is 25.1 Å². The number of carbonyl (C=O) groups excluding carboxylic acids is 1. The van der Waals surface area contributed by atoms with Crippen LogP contribution in [0.4, 0.5) is 5.69 Å². The Bertz CT molecular complexity index is 964. The Hall–Kier alpha value is -2.71. The molecular formula is C19H19ClN4O3S. The third-order valence-corrected chi connectivity index (χ3v) is 4.97. The van der Waals surface area contributed by atoms with Crippen molar-refractivity contribution in [1.82, 2.24) is 15.2 Å². The highest BCUT2D eigenvalue weighted by Crippen LogP contribution is 2.22. The second-order valence-corrected chi connectivity index (χ2v) is 7.18. The number of hydrogen-bond donors (Lipinski definition) is 2. The SMILES string of the molecule is COc1cccc(NC(=O)CSc2n[nH]c(COc3ccc(Cl)c(C)c3)n2)c1. The summed E-state index contributed by atoms with van der Waals surface area (Å²) < 4.78 is 10.8. The largest absolute Gasteiger partial charge is 0.497 e. The molecule has 28 heavy (non-hydrogen) atoms. The summed E-state index contributed by atoms with van der Waals surface area (Å²) in [6, 6.07) is 12.6. The first-order valence-corrected chi connectivity index (χ1v) is 9.77. The van der Waals surface area contributed by atoms with E-state index >= 15 is 0 Å². The predicted octanol–water partition coefficient (Wildman–Crippen LogP) is 4.08. The minimum Gasteiger partial charge on any atom is -0.497 e. The number of aryl methyl sites for hydroxylation is 1. The molecule has 0 saturated carbocycles. The summed E-state index contributed by atoms with van der Waals surface area (Å²) >= 11 is 7.24. The van der Waals surface area contributed by atoms with Gasteiger partial charge < -0.3 is 14.8 Å². The van der Waals surface area contributed by atoms with Crippen molar-refractivity contribution >= 4 is 35.0 Å². The van der Waals surface area contributed by atoms with Gasteiger partial charge in [0, 0.05) is 16.8 Å². The van der Waals surface area contributed by atoms with Gasteiger partial charge in [-0.3, -0.25) is 9.89 Å². The highest BCUT2D eigenvalue weighted by molar-refractivity contribution is 7.99. The van der Waals surface area contributed by atoms with Crippen LogP contribution in [0.3, 0.4) is 0 Å². The van der Waals surface area contributed by atoms with Crippen molar-refractivity contribution in [3.05, 3.63) is 58.9 Å². The van der Waals surface area contributed by atoms with Crippen LogP contribution in [-0.4, -0.2) is 34.0 Å². The molecule has 0 unspecified atom stereocenters. The molecule has 7 nitrogen and oxygen atoms in total. The average molecular weight is 419 g/mol. The van der Waals surface area contributed by atoms with E-state index in [-0.39, 0.29) is 18.3 Å². The maximum absolute atomic E-state index is 12.1. The van der Waals surface area contributed by atoms with Gasteiger partial charge in [0.15, 0.2) is 5.82 Å². The van der Waals surface area contributed by atoms with Gasteiger partial charge in [-0.1, -0.05) is 29.4 Å². The highest BCUT2D eigenvalue weighted by Gasteiger charge is 2.09. The van der Waals surface area contributed by atoms with Crippen LogP contribution in [0.15, 0.2) is 47.6 Å². The number of benzene rings is 2. The van der Waals surface area contributed by atoms with Gasteiger partial charge in [0.2, 0.25) is 11.1 Å². The lowest BCUT2D eigenvalue weighted by Gasteiger charge is -2.06. The summed E-state index contributed by atoms with van der Waals surface area (Å²) in [5, 5.41) is 10.9. The molecule has 3 rings (SSSR count). The molecule has 1 heterocycles. The molecular weight excluding hydrogens is 400 g/mol. The zero-order valence-corrected chi connectivity index (χ0v) is 16.9. The van der Waals surface area contributed by atoms with Crippen molar-refractivity contribution in [2.45, 2.75) is 18.7 Å². The maximum Gasteiger partial charge on any atom is 0.234 e. The quantitative estimate of drug-likeness (QED) is 0.536. The first-order chi connectivity index (χ1) is 13.5. The van der Waals surface area contributed by atoms with E-state index in [4.69, 9.17) is 21.1 Å². The highest BCUT2D eigenvalue weighted by atomic mass is 35.5. The molecule has 146 valence electrons. The number of anilines is 1. The van der Waals surface area contributed by atoms with Crippen molar-refractivity contribution in [3.63, 3.8) is 0 Å². The van der Waals surface area contributed by atoms with E-state index in [0.29, 0.717) is 33.2 Å². The molecule has 0 aliphatic heterocycles. The Morgan fingerprint density at radius 1 is 1.25 bits per heavy atom. The van der Waals surface area contributed by atoms with Gasteiger partial charge >= 0.3 is 0 Å². The van der Waals surface area contributed by atoms with Gasteiger partial charge in [-0.2, -0.15) is 0 Å². The average Bonchev–Trinajstić information content (AvgIpc) is 3.15. The number of ether oxygens (including phenoxy) is 2. The van der Waals surface area contributed by atoms with Crippen molar-refractivity contribution in [2.75, 3.05) is 18.2 Å². The second kappa shape index (κ2) is 9.48. The summed E-state index contributed by atoms with van der Waals surface area (Å²) in [6.07, 6.45) is 0. The van der Waals surface area contributed by atoms with Crippen LogP contribution < -0.4 is 14.8 Å². The number of halogens is 1. The van der Waals surface area contributed by atoms with E-state index < -0.39 is 0 Å². The van der Waals surface area contributed by atoms with Gasteiger partial charge in [0.25, 0.3) is 0 Å². The number of nitrogens with zero attached hydrogens (tertiary/aromatic N) is 2. The molecule has 2 N–H and O–H groups in total. The lowest BCUT2D eigenvalue weighted by atomic mass is 10.2. The van der Waals surface area contributed by atoms with Crippen molar-refractivity contribution in [1.29, 1.82) is 0 Å². The number of rotatable bonds is 8. The zero-order valence-electron chi connectivity index (χ0n) is 15.4. The first-order valence-electron chi connectivity index (χ1n) is 8.40. The summed E-state index contributed by atoms with van der Waals surface area (Å²) in [5.74, 6) is 1.98. The van der Waals surface area contributed by atoms with Gasteiger partial charge in [-0.25, -0.2) is 4.98 Å². The predicted molar refractivity (Wildman–Crippen MR) is 109 cm³/mol. The minimum absolute atomic E-state index is 0.155. The standard InChI is InChI=1S/C19H19ClN4O3S/c1-12-8-15(6-7-16(12)20)27-10-17-22-19(24-23-17)28-11-18(25)21-13-4-3-5-14(9-13)26-2/h3-9H,10-11H2,1-2H3,(H,21,25)(H,22,23,24). The van der Waals surface area contributed by atoms with E-state index in [0.717, 1.165) is 5.56 Å². The third-order valence-electron chi connectivity index (χ3n) is 3.70. The molecule has 0 aliphatic rings. The Balaban J connectivity index is 1.47. The second-order valence-electron chi connectivity index (χ2n) is 5.83. The normalized spacial score (nSPS) is 10.5. The van der Waals surface area contributed by atoms with E-state index in [1.54, 1.807) is 31.4 Å². The van der Waals surface area contributed by atoms with E-state index in [2.05, 4.69) is 20.5 Å². The molecule has 1 aromatic heterocycles. The number of methoxy groups -OCH3 is 1. The Labute approximate surface area is 171 Å². The minimum atomic E-state index is -0.155. The lowest BCUT2D eigenvalue weighted by Crippen LogP contribution is -2.14. The number of aromatic amines is 1. The van der Waals surface area contributed by atoms with Crippen LogP contribution in [0.1, 0.15) is 11.4 Å². The summed E-state index contributed by atoms with van der Waals surface area (Å²) in [6.45, 7) is 2.15. The molecule has 0 radical (unpaired) electrons. The molecule has 9 heteroatoms. The molecule has 1 amide bonds. The molecule has 3 aromatic rings. The van der Waals surface area contributed by atoms with Crippen LogP contribution >= 0.6 is 23.4 Å². The lowest BCUT2D eigenvalue weighted by molar-refractivity contribution is -0.113. The van der Waals surface area contributed by atoms with Gasteiger partial charge in [0.1, 0.15) is 18.1 Å². The fourth-order valence-corrected chi connectivity index (χ4v) is 3.03. The van der Waals surface area contributed by atoms with Crippen LogP contribution in [0, 0.1) is 6.92 Å². The Kier molecular flexibility index (Phi) is 6.78. The maximum atomic E-state index is 12.1. The van der Waals surface area contributed by atoms with Crippen molar-refractivity contribution in [3.8, 4) is 11.5 Å². The molecule has 0 spiro atoms. The third kappa shape index (κ3) is 5.64. The monoisotopic (exact) mass is 418 g/mol. The summed E-state index contributed by atoms with van der Waals surface area (Å²) in [7, 11) is 1.58. The van der Waals surface area contributed by atoms with Crippen LogP contribution in [-0.2, 0) is 11.4 Å². The Morgan fingerprint density at radius 3 is 2.89 bits per heavy atom. The summed E-state index contributed by atoms with van der Waals surface area (Å²) in [5.41, 5.74) is 1.61. The number of carbonyl (C=O) groups is 1. The zero-order chi connectivity index (χ0) is 19.9. The molecule has 2 aromatic carbocycles. The molecule has 0 bridgehead atoms. The first kappa shape index (κ1) is 20.0. The number of aromatic nitrogens is 3. The van der Waals surface area contributed by atoms with Gasteiger partial charge in [-0.05, 0) is 42.8 Å². The fourth-order valence-electron chi connectivity index (χ4n) is 2.29. The van der Waals surface area contributed by atoms with Crippen molar-refractivity contribution < 1.29 is 14.3 Å². The summed E-state index contributed by atoms with van der Waals surface area (Å²) in [4.78, 5) is 16.4. The number of nitrogens with one attached hydrogen (secondary N) is 2. The van der Waals surface area contributed by atoms with Crippen molar-refractivity contribution in [2.24, 2.45) is 0 Å². The number of hydrogen-bond acceptors (Lipinski definition) is 6. The molecule has 0 aliphatic carbocycles. The van der Waals surface area contributed by atoms with Gasteiger partial charge in [0.05, 0.1) is 12.9 Å². The van der Waals surface area contributed by atoms with E-state index in [1.165, 1.54) is 11.8 Å². The molecule has 0 fully saturated rings. The fraction of sp³-hybridized carbons (Fsp3) is 0.211. The number of amides is 1. The number of thioether (sulfide) groups is 1. The van der Waals surface area contributed by atoms with E-state index in [9.17, 15) is 4.79 Å². The van der Waals surface area contributed by atoms with Crippen LogP contribution in [0.5, 0.6) is 11.5 Å². The van der Waals surface area contributed by atoms with Gasteiger partial charge in [-0.15, -0.1) is 5.10 Å². The smallest absolute Gasteiger partial charge is 0.234 e. The molecule has 0 atom stereocenters. The topological polar surface area (TPSA) is 89.1 Å². The van der Waals surface area contributed by atoms with Crippen LogP contribution in [0.25, 0.3) is 0 Å². The van der Waals surface area contributed by atoms with Crippen LogP contribution in [0.2, 0.25) is 5.02 Å². The Morgan fingerprint density at radius 2 is 2.11 bits per heavy atom.